The van der Waals surface area contributed by atoms with E-state index in [0.29, 0.717) is 52.1 Å². The van der Waals surface area contributed by atoms with Gasteiger partial charge in [0.15, 0.2) is 0 Å². The fourth-order valence-corrected chi connectivity index (χ4v) is 4.50. The minimum atomic E-state index is -2.54. The zero-order valence-corrected chi connectivity index (χ0v) is 18.4. The van der Waals surface area contributed by atoms with Crippen molar-refractivity contribution in [1.82, 2.24) is 8.83 Å². The van der Waals surface area contributed by atoms with Gasteiger partial charge in [0, 0.05) is 36.4 Å². The average Bonchev–Trinajstić information content (AvgIpc) is 2.72. The lowest BCUT2D eigenvalue weighted by Crippen LogP contribution is -2.59. The van der Waals surface area contributed by atoms with Crippen molar-refractivity contribution in [2.45, 2.75) is 24.9 Å². The van der Waals surface area contributed by atoms with Gasteiger partial charge in [0.25, 0.3) is 11.3 Å². The number of benzene rings is 2. The third kappa shape index (κ3) is 4.86. The lowest BCUT2D eigenvalue weighted by molar-refractivity contribution is 0.164. The summed E-state index contributed by atoms with van der Waals surface area (Å²) in [4.78, 5) is 2.19. The molecule has 0 saturated carbocycles. The maximum absolute atomic E-state index is 11.8. The molecule has 6 nitrogen and oxygen atoms in total. The van der Waals surface area contributed by atoms with Gasteiger partial charge in [-0.15, -0.1) is 0 Å². The molecule has 154 valence electrons. The molecule has 1 aliphatic rings. The Morgan fingerprint density at radius 3 is 2.24 bits per heavy atom. The molecule has 0 amide bonds. The van der Waals surface area contributed by atoms with E-state index < -0.39 is 16.8 Å². The van der Waals surface area contributed by atoms with Crippen molar-refractivity contribution in [3.63, 3.8) is 0 Å². The van der Waals surface area contributed by atoms with Crippen molar-refractivity contribution in [3.8, 4) is 6.07 Å². The van der Waals surface area contributed by atoms with Gasteiger partial charge in [0.2, 0.25) is 0 Å². The number of para-hydroxylation sites is 1. The second-order valence-electron chi connectivity index (χ2n) is 6.73. The predicted octanol–water partition coefficient (Wildman–Crippen LogP) is 4.87. The zero-order chi connectivity index (χ0) is 21.0. The number of hydrogen-bond acceptors (Lipinski definition) is 4. The van der Waals surface area contributed by atoms with Crippen LogP contribution in [-0.2, 0) is 17.8 Å². The number of anilines is 1. The van der Waals surface area contributed by atoms with Crippen LogP contribution in [-0.4, -0.2) is 36.2 Å². The van der Waals surface area contributed by atoms with Crippen LogP contribution in [0.1, 0.15) is 18.4 Å². The Labute approximate surface area is 187 Å². The smallest absolute Gasteiger partial charge is 0.269 e. The van der Waals surface area contributed by atoms with Crippen LogP contribution in [0.2, 0.25) is 10.0 Å². The van der Waals surface area contributed by atoms with Crippen LogP contribution in [0.15, 0.2) is 48.5 Å². The summed E-state index contributed by atoms with van der Waals surface area (Å²) in [5.41, 5.74) is 0.284. The lowest BCUT2D eigenvalue weighted by atomic mass is 9.87. The highest BCUT2D eigenvalue weighted by Gasteiger charge is 2.45. The highest BCUT2D eigenvalue weighted by molar-refractivity contribution is 7.77. The SMILES string of the molecule is N#CC1(N(c2ccccc2Cl)N(Cl)S(=O)O)CCN(Cc2ccccc2Cl)CC1. The molecule has 1 fully saturated rings. The fraction of sp³-hybridized carbons (Fsp3) is 0.316. The summed E-state index contributed by atoms with van der Waals surface area (Å²) in [5, 5.41) is 12.4. The van der Waals surface area contributed by atoms with Crippen LogP contribution in [0.5, 0.6) is 0 Å². The normalized spacial score (nSPS) is 17.7. The van der Waals surface area contributed by atoms with E-state index in [1.807, 2.05) is 24.3 Å². The Hall–Kier alpha value is -1.37. The number of hydrogen-bond donors (Lipinski definition) is 1. The van der Waals surface area contributed by atoms with E-state index in [-0.39, 0.29) is 0 Å². The van der Waals surface area contributed by atoms with Gasteiger partial charge in [-0.3, -0.25) is 14.5 Å². The second-order valence-corrected chi connectivity index (χ2v) is 8.87. The predicted molar refractivity (Wildman–Crippen MR) is 117 cm³/mol. The molecule has 29 heavy (non-hydrogen) atoms. The second kappa shape index (κ2) is 9.63. The van der Waals surface area contributed by atoms with Crippen molar-refractivity contribution in [3.05, 3.63) is 64.1 Å². The molecular weight excluding hydrogens is 455 g/mol. The summed E-state index contributed by atoms with van der Waals surface area (Å²) in [6, 6.07) is 16.7. The Kier molecular flexibility index (Phi) is 7.41. The number of hydrazine groups is 1. The number of nitrogens with zero attached hydrogens (tertiary/aromatic N) is 4. The largest absolute Gasteiger partial charge is 0.299 e. The van der Waals surface area contributed by atoms with Gasteiger partial charge < -0.3 is 0 Å². The van der Waals surface area contributed by atoms with Gasteiger partial charge >= 0.3 is 0 Å². The van der Waals surface area contributed by atoms with E-state index in [1.54, 1.807) is 24.3 Å². The van der Waals surface area contributed by atoms with Crippen molar-refractivity contribution in [2.24, 2.45) is 0 Å². The molecule has 0 aliphatic carbocycles. The Morgan fingerprint density at radius 1 is 1.10 bits per heavy atom. The summed E-state index contributed by atoms with van der Waals surface area (Å²) >= 11 is 16.2. The van der Waals surface area contributed by atoms with Crippen molar-refractivity contribution < 1.29 is 8.76 Å². The molecule has 0 aromatic heterocycles. The third-order valence-corrected chi connectivity index (χ3v) is 6.63. The first kappa shape index (κ1) is 22.3. The Bertz CT molecular complexity index is 932. The molecule has 10 heteroatoms. The molecule has 1 atom stereocenters. The summed E-state index contributed by atoms with van der Waals surface area (Å²) in [7, 11) is 0. The third-order valence-electron chi connectivity index (χ3n) is 5.02. The Morgan fingerprint density at radius 2 is 1.69 bits per heavy atom. The molecule has 0 radical (unpaired) electrons. The van der Waals surface area contributed by atoms with Gasteiger partial charge in [-0.1, -0.05) is 53.5 Å². The van der Waals surface area contributed by atoms with Gasteiger partial charge in [-0.25, -0.2) is 4.21 Å². The molecular formula is C19H19Cl3N4O2S. The minimum Gasteiger partial charge on any atom is -0.299 e. The molecule has 0 spiro atoms. The molecule has 1 unspecified atom stereocenters. The topological polar surface area (TPSA) is 70.8 Å². The molecule has 2 aromatic carbocycles. The van der Waals surface area contributed by atoms with Crippen molar-refractivity contribution in [1.29, 1.82) is 5.26 Å². The number of rotatable bonds is 6. The number of nitriles is 1. The van der Waals surface area contributed by atoms with Crippen LogP contribution in [0, 0.1) is 11.3 Å². The van der Waals surface area contributed by atoms with Gasteiger partial charge in [-0.2, -0.15) is 5.26 Å². The minimum absolute atomic E-state index is 0.330. The fourth-order valence-electron chi connectivity index (χ4n) is 3.48. The molecule has 2 aromatic rings. The lowest BCUT2D eigenvalue weighted by Gasteiger charge is -2.46. The standard InChI is InChI=1S/C19H19Cl3N4O2S/c20-16-6-2-1-5-15(16)13-24-11-9-19(14-23,10-12-24)25(26(22)29(27)28)18-8-4-3-7-17(18)21/h1-8H,9-13H2,(H,27,28). The van der Waals surface area contributed by atoms with Crippen LogP contribution in [0.25, 0.3) is 0 Å². The summed E-state index contributed by atoms with van der Waals surface area (Å²) in [6.07, 6.45) is 0.805. The Balaban J connectivity index is 1.86. The van der Waals surface area contributed by atoms with E-state index in [1.165, 1.54) is 5.01 Å². The number of halogens is 3. The van der Waals surface area contributed by atoms with E-state index in [9.17, 15) is 14.0 Å². The van der Waals surface area contributed by atoms with Crippen LogP contribution < -0.4 is 5.01 Å². The monoisotopic (exact) mass is 472 g/mol. The van der Waals surface area contributed by atoms with Gasteiger partial charge in [0.1, 0.15) is 5.54 Å². The van der Waals surface area contributed by atoms with Gasteiger partial charge in [-0.05, 0) is 40.5 Å². The quantitative estimate of drug-likeness (QED) is 0.368. The van der Waals surface area contributed by atoms with Crippen LogP contribution >= 0.6 is 35.0 Å². The number of piperidine rings is 1. The highest BCUT2D eigenvalue weighted by atomic mass is 35.5. The maximum atomic E-state index is 11.8. The molecule has 1 saturated heterocycles. The van der Waals surface area contributed by atoms with E-state index in [0.717, 1.165) is 5.56 Å². The first-order valence-electron chi connectivity index (χ1n) is 8.86. The van der Waals surface area contributed by atoms with E-state index >= 15 is 0 Å². The van der Waals surface area contributed by atoms with Crippen LogP contribution in [0.4, 0.5) is 5.69 Å². The summed E-state index contributed by atoms with van der Waals surface area (Å²) < 4.78 is 22.0. The van der Waals surface area contributed by atoms with Crippen molar-refractivity contribution in [2.75, 3.05) is 18.1 Å². The van der Waals surface area contributed by atoms with E-state index in [4.69, 9.17) is 35.0 Å². The van der Waals surface area contributed by atoms with Crippen molar-refractivity contribution >= 4 is 51.9 Å². The number of likely N-dealkylation sites (tertiary alicyclic amines) is 1. The highest BCUT2D eigenvalue weighted by Crippen LogP contribution is 2.39. The van der Waals surface area contributed by atoms with Gasteiger partial charge in [0.05, 0.1) is 16.8 Å². The molecule has 1 heterocycles. The summed E-state index contributed by atoms with van der Waals surface area (Å²) in [5.74, 6) is 0. The maximum Gasteiger partial charge on any atom is 0.269 e. The molecule has 0 bridgehead atoms. The molecule has 1 aliphatic heterocycles. The first-order valence-corrected chi connectivity index (χ1v) is 11.0. The van der Waals surface area contributed by atoms with E-state index in [2.05, 4.69) is 11.0 Å². The first-order chi connectivity index (χ1) is 13.9. The average molecular weight is 474 g/mol. The summed E-state index contributed by atoms with van der Waals surface area (Å²) in [6.45, 7) is 1.83. The van der Waals surface area contributed by atoms with Crippen LogP contribution in [0.3, 0.4) is 0 Å². The molecule has 1 N–H and O–H groups in total. The zero-order valence-electron chi connectivity index (χ0n) is 15.3. The molecule has 3 rings (SSSR count).